The third-order valence-electron chi connectivity index (χ3n) is 2.32. The van der Waals surface area contributed by atoms with Crippen LogP contribution in [0.25, 0.3) is 0 Å². The van der Waals surface area contributed by atoms with E-state index in [1.54, 1.807) is 7.11 Å². The van der Waals surface area contributed by atoms with Crippen LogP contribution >= 0.6 is 0 Å². The highest BCUT2D eigenvalue weighted by molar-refractivity contribution is 5.55. The van der Waals surface area contributed by atoms with E-state index < -0.39 is 0 Å². The first-order valence-corrected chi connectivity index (χ1v) is 5.08. The second-order valence-corrected chi connectivity index (χ2v) is 3.76. The first-order chi connectivity index (χ1) is 7.70. The smallest absolute Gasteiger partial charge is 0.231 e. The molecule has 88 valence electrons. The van der Waals surface area contributed by atoms with Crippen LogP contribution in [0.15, 0.2) is 12.1 Å². The fraction of sp³-hybridized carbons (Fsp3) is 0.455. The molecule has 0 aromatic heterocycles. The molecule has 0 fully saturated rings. The molecule has 5 nitrogen and oxygen atoms in total. The minimum absolute atomic E-state index is 0.260. The van der Waals surface area contributed by atoms with E-state index in [1.165, 1.54) is 0 Å². The number of ether oxygens (including phenoxy) is 3. The van der Waals surface area contributed by atoms with E-state index in [4.69, 9.17) is 14.2 Å². The van der Waals surface area contributed by atoms with Gasteiger partial charge in [-0.3, -0.25) is 10.4 Å². The molecule has 1 aliphatic heterocycles. The summed E-state index contributed by atoms with van der Waals surface area (Å²) in [6, 6.07) is 3.91. The molecule has 1 aliphatic rings. The third-order valence-corrected chi connectivity index (χ3v) is 2.32. The summed E-state index contributed by atoms with van der Waals surface area (Å²) in [6.45, 7) is 0.982. The lowest BCUT2D eigenvalue weighted by molar-refractivity contribution is 0.171. The van der Waals surface area contributed by atoms with E-state index in [2.05, 4.69) is 5.43 Å². The summed E-state index contributed by atoms with van der Waals surface area (Å²) in [5.41, 5.74) is 4.28. The number of fused-ring (bicyclic) bond motifs is 1. The zero-order chi connectivity index (χ0) is 11.5. The number of nitrogens with zero attached hydrogens (tertiary/aromatic N) is 1. The van der Waals surface area contributed by atoms with Crippen molar-refractivity contribution in [3.8, 4) is 17.2 Å². The first kappa shape index (κ1) is 11.0. The second kappa shape index (κ2) is 4.59. The molecule has 0 spiro atoms. The number of hydrogen-bond donors (Lipinski definition) is 1. The van der Waals surface area contributed by atoms with Gasteiger partial charge in [-0.2, -0.15) is 0 Å². The Morgan fingerprint density at radius 3 is 2.88 bits per heavy atom. The predicted molar refractivity (Wildman–Crippen MR) is 59.6 cm³/mol. The summed E-state index contributed by atoms with van der Waals surface area (Å²) < 4.78 is 15.9. The molecular formula is C11H16N2O3. The van der Waals surface area contributed by atoms with Gasteiger partial charge in [0.05, 0.1) is 7.11 Å². The maximum absolute atomic E-state index is 5.34. The Morgan fingerprint density at radius 1 is 1.38 bits per heavy atom. The van der Waals surface area contributed by atoms with Crippen molar-refractivity contribution >= 4 is 0 Å². The molecular weight excluding hydrogens is 208 g/mol. The lowest BCUT2D eigenvalue weighted by atomic mass is 10.2. The largest absolute Gasteiger partial charge is 0.493 e. The summed E-state index contributed by atoms with van der Waals surface area (Å²) in [7, 11) is 5.52. The minimum atomic E-state index is 0.260. The van der Waals surface area contributed by atoms with Crippen LogP contribution in [0.1, 0.15) is 5.56 Å². The highest BCUT2D eigenvalue weighted by atomic mass is 16.7. The molecule has 0 aliphatic carbocycles. The average Bonchev–Trinajstić information content (AvgIpc) is 2.73. The van der Waals surface area contributed by atoms with Crippen LogP contribution in [-0.2, 0) is 6.54 Å². The first-order valence-electron chi connectivity index (χ1n) is 5.08. The predicted octanol–water partition coefficient (Wildman–Crippen LogP) is 0.990. The zero-order valence-corrected chi connectivity index (χ0v) is 9.74. The van der Waals surface area contributed by atoms with E-state index in [-0.39, 0.29) is 6.79 Å². The molecule has 0 saturated carbocycles. The van der Waals surface area contributed by atoms with Crippen molar-refractivity contribution < 1.29 is 14.2 Å². The van der Waals surface area contributed by atoms with Crippen molar-refractivity contribution in [2.24, 2.45) is 0 Å². The number of hydrazine groups is 1. The van der Waals surface area contributed by atoms with E-state index >= 15 is 0 Å². The lowest BCUT2D eigenvalue weighted by Gasteiger charge is -2.13. The molecule has 0 radical (unpaired) electrons. The van der Waals surface area contributed by atoms with Crippen molar-refractivity contribution in [2.75, 3.05) is 28.0 Å². The van der Waals surface area contributed by atoms with Gasteiger partial charge in [-0.15, -0.1) is 0 Å². The Balaban J connectivity index is 2.20. The van der Waals surface area contributed by atoms with Gasteiger partial charge in [0.15, 0.2) is 11.5 Å². The summed E-state index contributed by atoms with van der Waals surface area (Å²) in [4.78, 5) is 0. The Hall–Kier alpha value is -1.46. The molecule has 0 saturated heterocycles. The van der Waals surface area contributed by atoms with Gasteiger partial charge in [0.25, 0.3) is 0 Å². The van der Waals surface area contributed by atoms with Gasteiger partial charge < -0.3 is 14.2 Å². The van der Waals surface area contributed by atoms with Gasteiger partial charge in [-0.05, 0) is 17.7 Å². The van der Waals surface area contributed by atoms with Gasteiger partial charge >= 0.3 is 0 Å². The highest BCUT2D eigenvalue weighted by Gasteiger charge is 2.19. The monoisotopic (exact) mass is 224 g/mol. The molecule has 5 heteroatoms. The molecule has 0 atom stereocenters. The van der Waals surface area contributed by atoms with Crippen molar-refractivity contribution in [3.63, 3.8) is 0 Å². The van der Waals surface area contributed by atoms with Crippen LogP contribution in [0.3, 0.4) is 0 Å². The summed E-state index contributed by atoms with van der Waals surface area (Å²) in [5.74, 6) is 2.15. The van der Waals surface area contributed by atoms with E-state index in [0.29, 0.717) is 11.5 Å². The van der Waals surface area contributed by atoms with Crippen LogP contribution in [0.5, 0.6) is 17.2 Å². The summed E-state index contributed by atoms with van der Waals surface area (Å²) in [6.07, 6.45) is 0. The topological polar surface area (TPSA) is 43.0 Å². The Bertz CT molecular complexity index is 380. The van der Waals surface area contributed by atoms with E-state index in [1.807, 2.05) is 31.2 Å². The van der Waals surface area contributed by atoms with Crippen LogP contribution in [0.2, 0.25) is 0 Å². The Morgan fingerprint density at radius 2 is 2.19 bits per heavy atom. The summed E-state index contributed by atoms with van der Waals surface area (Å²) in [5, 5.41) is 1.90. The molecule has 16 heavy (non-hydrogen) atoms. The standard InChI is InChI=1S/C11H16N2O3/c1-13(2)12-6-8-4-9(14-3)11-10(5-8)15-7-16-11/h4-5,12H,6-7H2,1-3H3. The van der Waals surface area contributed by atoms with Gasteiger partial charge in [-0.1, -0.05) is 0 Å². The molecule has 1 aromatic carbocycles. The molecule has 1 heterocycles. The molecule has 0 amide bonds. The number of hydrogen-bond acceptors (Lipinski definition) is 5. The molecule has 1 aromatic rings. The van der Waals surface area contributed by atoms with Crippen molar-refractivity contribution in [1.82, 2.24) is 10.4 Å². The van der Waals surface area contributed by atoms with Crippen LogP contribution in [0.4, 0.5) is 0 Å². The number of nitrogens with one attached hydrogen (secondary N) is 1. The van der Waals surface area contributed by atoms with Crippen LogP contribution in [-0.4, -0.2) is 33.0 Å². The second-order valence-electron chi connectivity index (χ2n) is 3.76. The van der Waals surface area contributed by atoms with Gasteiger partial charge in [0.2, 0.25) is 12.5 Å². The van der Waals surface area contributed by atoms with Crippen molar-refractivity contribution in [2.45, 2.75) is 6.54 Å². The maximum atomic E-state index is 5.34. The molecule has 0 unspecified atom stereocenters. The normalized spacial score (nSPS) is 13.2. The highest BCUT2D eigenvalue weighted by Crippen LogP contribution is 2.41. The third kappa shape index (κ3) is 2.20. The number of benzene rings is 1. The minimum Gasteiger partial charge on any atom is -0.493 e. The number of rotatable bonds is 4. The quantitative estimate of drug-likeness (QED) is 0.773. The maximum Gasteiger partial charge on any atom is 0.231 e. The van der Waals surface area contributed by atoms with Crippen molar-refractivity contribution in [1.29, 1.82) is 0 Å². The van der Waals surface area contributed by atoms with E-state index in [9.17, 15) is 0 Å². The van der Waals surface area contributed by atoms with Gasteiger partial charge in [0, 0.05) is 20.6 Å². The van der Waals surface area contributed by atoms with Crippen molar-refractivity contribution in [3.05, 3.63) is 17.7 Å². The molecule has 2 rings (SSSR count). The van der Waals surface area contributed by atoms with E-state index in [0.717, 1.165) is 17.9 Å². The molecule has 0 bridgehead atoms. The van der Waals surface area contributed by atoms with Gasteiger partial charge in [-0.25, -0.2) is 0 Å². The Kier molecular flexibility index (Phi) is 3.17. The van der Waals surface area contributed by atoms with Crippen LogP contribution in [0, 0.1) is 0 Å². The average molecular weight is 224 g/mol. The van der Waals surface area contributed by atoms with Gasteiger partial charge in [0.1, 0.15) is 0 Å². The van der Waals surface area contributed by atoms with Crippen LogP contribution < -0.4 is 19.6 Å². The number of methoxy groups -OCH3 is 1. The fourth-order valence-electron chi connectivity index (χ4n) is 1.54. The fourth-order valence-corrected chi connectivity index (χ4v) is 1.54. The lowest BCUT2D eigenvalue weighted by Crippen LogP contribution is -2.29. The Labute approximate surface area is 94.9 Å². The zero-order valence-electron chi connectivity index (χ0n) is 9.74. The SMILES string of the molecule is COc1cc(CNN(C)C)cc2c1OCO2. The molecule has 1 N–H and O–H groups in total. The summed E-state index contributed by atoms with van der Waals surface area (Å²) >= 11 is 0.